The molecular weight excluding hydrogens is 406 g/mol. The number of hydrogen-bond donors (Lipinski definition) is 1. The van der Waals surface area contributed by atoms with Crippen molar-refractivity contribution in [1.82, 2.24) is 24.6 Å². The van der Waals surface area contributed by atoms with E-state index in [1.165, 1.54) is 32.1 Å². The number of nitrogens with one attached hydrogen (secondary N) is 1. The van der Waals surface area contributed by atoms with E-state index >= 15 is 0 Å². The topological polar surface area (TPSA) is 81.4 Å². The molecule has 4 rings (SSSR count). The lowest BCUT2D eigenvalue weighted by Gasteiger charge is -2.31. The Bertz CT molecular complexity index is 1160. The number of fused-ring (bicyclic) bond motifs is 3. The molecule has 8 heteroatoms. The Labute approximate surface area is 188 Å². The molecule has 0 atom stereocenters. The number of pyridine rings is 1. The van der Waals surface area contributed by atoms with Crippen LogP contribution in [0.15, 0.2) is 29.2 Å². The summed E-state index contributed by atoms with van der Waals surface area (Å²) in [6, 6.07) is 6.25. The molecule has 32 heavy (non-hydrogen) atoms. The highest BCUT2D eigenvalue weighted by atomic mass is 16.5. The first-order chi connectivity index (χ1) is 15.5. The highest BCUT2D eigenvalue weighted by molar-refractivity contribution is 6.04. The van der Waals surface area contributed by atoms with Crippen molar-refractivity contribution in [3.8, 4) is 5.75 Å². The molecule has 0 saturated heterocycles. The fourth-order valence-corrected chi connectivity index (χ4v) is 4.85. The fourth-order valence-electron chi connectivity index (χ4n) is 4.85. The van der Waals surface area contributed by atoms with Crippen molar-refractivity contribution < 1.29 is 9.53 Å². The van der Waals surface area contributed by atoms with Crippen molar-refractivity contribution in [3.63, 3.8) is 0 Å². The third-order valence-corrected chi connectivity index (χ3v) is 6.66. The number of carbonyl (C=O) groups excluding carboxylic acids is 1. The molecule has 0 bridgehead atoms. The van der Waals surface area contributed by atoms with E-state index < -0.39 is 0 Å². The molecule has 8 nitrogen and oxygen atoms in total. The smallest absolute Gasteiger partial charge is 0.262 e. The number of amides is 1. The molecule has 1 fully saturated rings. The second-order valence-corrected chi connectivity index (χ2v) is 8.62. The van der Waals surface area contributed by atoms with Gasteiger partial charge < -0.3 is 19.5 Å². The summed E-state index contributed by atoms with van der Waals surface area (Å²) in [5.74, 6) is 0.589. The van der Waals surface area contributed by atoms with Crippen LogP contribution in [0.4, 0.5) is 0 Å². The quantitative estimate of drug-likeness (QED) is 0.584. The van der Waals surface area contributed by atoms with Crippen molar-refractivity contribution in [2.75, 3.05) is 27.2 Å². The third kappa shape index (κ3) is 4.37. The average Bonchev–Trinajstić information content (AvgIpc) is 3.23. The van der Waals surface area contributed by atoms with Crippen LogP contribution < -0.4 is 15.6 Å². The summed E-state index contributed by atoms with van der Waals surface area (Å²) in [6.07, 6.45) is 7.99. The summed E-state index contributed by atoms with van der Waals surface area (Å²) < 4.78 is 8.75. The van der Waals surface area contributed by atoms with Crippen molar-refractivity contribution in [2.24, 2.45) is 0 Å². The van der Waals surface area contributed by atoms with Crippen molar-refractivity contribution in [2.45, 2.75) is 58.2 Å². The molecular formula is C24H33N5O3. The zero-order valence-corrected chi connectivity index (χ0v) is 19.3. The summed E-state index contributed by atoms with van der Waals surface area (Å²) in [4.78, 5) is 28.0. The molecule has 1 aromatic carbocycles. The van der Waals surface area contributed by atoms with Crippen LogP contribution in [-0.2, 0) is 17.9 Å². The van der Waals surface area contributed by atoms with Crippen LogP contribution in [-0.4, -0.2) is 58.4 Å². The largest absolute Gasteiger partial charge is 0.497 e. The Balaban J connectivity index is 1.53. The zero-order chi connectivity index (χ0) is 22.7. The molecule has 1 amide bonds. The lowest BCUT2D eigenvalue weighted by molar-refractivity contribution is -0.121. The van der Waals surface area contributed by atoms with Gasteiger partial charge in [-0.3, -0.25) is 14.3 Å². The van der Waals surface area contributed by atoms with Gasteiger partial charge in [0.2, 0.25) is 5.91 Å². The van der Waals surface area contributed by atoms with Gasteiger partial charge in [-0.2, -0.15) is 5.10 Å². The SMILES string of the molecule is CCn1c(=O)c2cnn(CC(=O)NCCN(C)C3CCCCC3)c2c2cc(OC)ccc21. The summed E-state index contributed by atoms with van der Waals surface area (Å²) in [5.41, 5.74) is 1.38. The van der Waals surface area contributed by atoms with E-state index in [1.807, 2.05) is 25.1 Å². The number of rotatable bonds is 8. The number of benzene rings is 1. The monoisotopic (exact) mass is 439 g/mol. The van der Waals surface area contributed by atoms with Gasteiger partial charge in [0.15, 0.2) is 0 Å². The average molecular weight is 440 g/mol. The highest BCUT2D eigenvalue weighted by Gasteiger charge is 2.19. The van der Waals surface area contributed by atoms with Crippen LogP contribution in [0.2, 0.25) is 0 Å². The second kappa shape index (κ2) is 9.73. The van der Waals surface area contributed by atoms with Crippen molar-refractivity contribution >= 4 is 27.7 Å². The number of aryl methyl sites for hydroxylation is 1. The minimum atomic E-state index is -0.109. The van der Waals surface area contributed by atoms with E-state index in [0.717, 1.165) is 17.4 Å². The van der Waals surface area contributed by atoms with Gasteiger partial charge in [-0.1, -0.05) is 19.3 Å². The molecule has 2 heterocycles. The van der Waals surface area contributed by atoms with E-state index in [9.17, 15) is 9.59 Å². The molecule has 3 aromatic rings. The van der Waals surface area contributed by atoms with Crippen LogP contribution in [0.1, 0.15) is 39.0 Å². The third-order valence-electron chi connectivity index (χ3n) is 6.66. The summed E-state index contributed by atoms with van der Waals surface area (Å²) in [6.45, 7) is 4.00. The molecule has 1 aliphatic rings. The van der Waals surface area contributed by atoms with Crippen molar-refractivity contribution in [3.05, 3.63) is 34.7 Å². The first-order valence-electron chi connectivity index (χ1n) is 11.6. The number of nitrogens with zero attached hydrogens (tertiary/aromatic N) is 4. The highest BCUT2D eigenvalue weighted by Crippen LogP contribution is 2.27. The van der Waals surface area contributed by atoms with E-state index in [1.54, 1.807) is 22.6 Å². The van der Waals surface area contributed by atoms with Crippen LogP contribution in [0, 0.1) is 0 Å². The second-order valence-electron chi connectivity index (χ2n) is 8.62. The molecule has 0 radical (unpaired) electrons. The molecule has 0 unspecified atom stereocenters. The van der Waals surface area contributed by atoms with E-state index in [4.69, 9.17) is 4.74 Å². The van der Waals surface area contributed by atoms with Gasteiger partial charge in [0.25, 0.3) is 5.56 Å². The standard InChI is InChI=1S/C24H33N5O3/c1-4-28-21-11-10-18(32-3)14-19(21)23-20(24(28)31)15-26-29(23)16-22(30)25-12-13-27(2)17-8-6-5-7-9-17/h10-11,14-15,17H,4-9,12-13,16H2,1-3H3,(H,25,30). The maximum atomic E-state index is 13.0. The van der Waals surface area contributed by atoms with E-state index in [2.05, 4.69) is 22.4 Å². The molecule has 1 N–H and O–H groups in total. The maximum absolute atomic E-state index is 13.0. The van der Waals surface area contributed by atoms with Gasteiger partial charge in [0.1, 0.15) is 12.3 Å². The summed E-state index contributed by atoms with van der Waals surface area (Å²) in [5, 5.41) is 8.76. The van der Waals surface area contributed by atoms with Crippen LogP contribution >= 0.6 is 0 Å². The number of ether oxygens (including phenoxy) is 1. The minimum absolute atomic E-state index is 0.0680. The molecule has 2 aromatic heterocycles. The zero-order valence-electron chi connectivity index (χ0n) is 19.3. The Hall–Kier alpha value is -2.87. The Morgan fingerprint density at radius 3 is 2.75 bits per heavy atom. The molecule has 1 saturated carbocycles. The number of aromatic nitrogens is 3. The van der Waals surface area contributed by atoms with Gasteiger partial charge in [0, 0.05) is 31.1 Å². The number of likely N-dealkylation sites (N-methyl/N-ethyl adjacent to an activating group) is 1. The maximum Gasteiger partial charge on any atom is 0.262 e. The first kappa shape index (κ1) is 22.3. The van der Waals surface area contributed by atoms with Gasteiger partial charge in [-0.05, 0) is 45.0 Å². The van der Waals surface area contributed by atoms with Gasteiger partial charge >= 0.3 is 0 Å². The summed E-state index contributed by atoms with van der Waals surface area (Å²) in [7, 11) is 3.75. The number of carbonyl (C=O) groups is 1. The first-order valence-corrected chi connectivity index (χ1v) is 11.6. The molecule has 172 valence electrons. The van der Waals surface area contributed by atoms with Crippen LogP contribution in [0.5, 0.6) is 5.75 Å². The number of methoxy groups -OCH3 is 1. The molecule has 0 spiro atoms. The van der Waals surface area contributed by atoms with E-state index in [0.29, 0.717) is 35.8 Å². The van der Waals surface area contributed by atoms with Crippen molar-refractivity contribution in [1.29, 1.82) is 0 Å². The van der Waals surface area contributed by atoms with Gasteiger partial charge in [0.05, 0.1) is 29.7 Å². The fraction of sp³-hybridized carbons (Fsp3) is 0.542. The van der Waals surface area contributed by atoms with E-state index in [-0.39, 0.29) is 18.0 Å². The Kier molecular flexibility index (Phi) is 6.79. The number of hydrogen-bond acceptors (Lipinski definition) is 5. The van der Waals surface area contributed by atoms with Gasteiger partial charge in [-0.15, -0.1) is 0 Å². The molecule has 0 aliphatic heterocycles. The Morgan fingerprint density at radius 1 is 1.25 bits per heavy atom. The minimum Gasteiger partial charge on any atom is -0.497 e. The predicted octanol–water partition coefficient (Wildman–Crippen LogP) is 2.76. The normalized spacial score (nSPS) is 15.0. The lowest BCUT2D eigenvalue weighted by atomic mass is 9.94. The Morgan fingerprint density at radius 2 is 2.03 bits per heavy atom. The predicted molar refractivity (Wildman–Crippen MR) is 126 cm³/mol. The van der Waals surface area contributed by atoms with Crippen LogP contribution in [0.3, 0.4) is 0 Å². The summed E-state index contributed by atoms with van der Waals surface area (Å²) >= 11 is 0. The lowest BCUT2D eigenvalue weighted by Crippen LogP contribution is -2.40. The van der Waals surface area contributed by atoms with Gasteiger partial charge in [-0.25, -0.2) is 0 Å². The molecule has 1 aliphatic carbocycles. The van der Waals surface area contributed by atoms with Crippen LogP contribution in [0.25, 0.3) is 21.8 Å².